The average molecular weight is 456 g/mol. The van der Waals surface area contributed by atoms with E-state index in [0.29, 0.717) is 0 Å². The van der Waals surface area contributed by atoms with Crippen molar-refractivity contribution in [3.8, 4) is 22.5 Å². The first-order chi connectivity index (χ1) is 15.7. The summed E-state index contributed by atoms with van der Waals surface area (Å²) in [6, 6.07) is 16.3. The predicted molar refractivity (Wildman–Crippen MR) is 137 cm³/mol. The number of H-pyrrole nitrogens is 1. The third kappa shape index (κ3) is 4.70. The lowest BCUT2D eigenvalue weighted by Gasteiger charge is -2.16. The topological polar surface area (TPSA) is 92.3 Å². The summed E-state index contributed by atoms with van der Waals surface area (Å²) in [7, 11) is 0. The maximum Gasteiger partial charge on any atom is 0.129 e. The SMILES string of the molecule is Cc1ccc(-c2cc(NC[C@@H](C)c3cccc4c(-c5ccn[nH]5)ccnc34)ncn2)cn1.S. The second-order valence-electron chi connectivity index (χ2n) is 7.83. The number of para-hydroxylation sites is 1. The maximum atomic E-state index is 4.69. The van der Waals surface area contributed by atoms with Gasteiger partial charge in [0.15, 0.2) is 0 Å². The molecule has 2 N–H and O–H groups in total. The zero-order chi connectivity index (χ0) is 21.9. The smallest absolute Gasteiger partial charge is 0.129 e. The van der Waals surface area contributed by atoms with Gasteiger partial charge in [0, 0.05) is 59.3 Å². The Morgan fingerprint density at radius 1 is 0.970 bits per heavy atom. The number of nitrogens with one attached hydrogen (secondary N) is 2. The molecule has 7 nitrogen and oxygen atoms in total. The van der Waals surface area contributed by atoms with E-state index in [9.17, 15) is 0 Å². The summed E-state index contributed by atoms with van der Waals surface area (Å²) in [6.45, 7) is 4.88. The minimum absolute atomic E-state index is 0. The monoisotopic (exact) mass is 455 g/mol. The van der Waals surface area contributed by atoms with Crippen LogP contribution in [0.4, 0.5) is 5.82 Å². The van der Waals surface area contributed by atoms with Gasteiger partial charge in [-0.25, -0.2) is 9.97 Å². The van der Waals surface area contributed by atoms with Crippen molar-refractivity contribution in [3.05, 3.63) is 84.7 Å². The van der Waals surface area contributed by atoms with Gasteiger partial charge >= 0.3 is 0 Å². The normalized spacial score (nSPS) is 11.7. The lowest BCUT2D eigenvalue weighted by atomic mass is 9.95. The molecule has 8 heteroatoms. The summed E-state index contributed by atoms with van der Waals surface area (Å²) in [5.41, 5.74) is 7.07. The molecule has 4 heterocycles. The number of aromatic amines is 1. The van der Waals surface area contributed by atoms with Gasteiger partial charge in [0.1, 0.15) is 12.1 Å². The van der Waals surface area contributed by atoms with Gasteiger partial charge in [0.2, 0.25) is 0 Å². The highest BCUT2D eigenvalue weighted by Gasteiger charge is 2.14. The molecule has 0 unspecified atom stereocenters. The van der Waals surface area contributed by atoms with Gasteiger partial charge in [0.05, 0.1) is 16.9 Å². The fourth-order valence-corrected chi connectivity index (χ4v) is 3.84. The Bertz CT molecular complexity index is 1350. The van der Waals surface area contributed by atoms with E-state index in [1.54, 1.807) is 12.5 Å². The lowest BCUT2D eigenvalue weighted by molar-refractivity contribution is 0.806. The Hall–Kier alpha value is -3.78. The van der Waals surface area contributed by atoms with Gasteiger partial charge in [-0.05, 0) is 36.8 Å². The molecule has 0 aliphatic carbocycles. The molecule has 0 aliphatic rings. The summed E-state index contributed by atoms with van der Waals surface area (Å²) < 4.78 is 0. The van der Waals surface area contributed by atoms with Crippen molar-refractivity contribution in [1.82, 2.24) is 30.1 Å². The molecule has 5 aromatic rings. The van der Waals surface area contributed by atoms with Gasteiger partial charge in [-0.15, -0.1) is 0 Å². The van der Waals surface area contributed by atoms with Gasteiger partial charge in [-0.3, -0.25) is 15.1 Å². The first-order valence-corrected chi connectivity index (χ1v) is 10.6. The Kier molecular flexibility index (Phi) is 6.65. The highest BCUT2D eigenvalue weighted by Crippen LogP contribution is 2.31. The lowest BCUT2D eigenvalue weighted by Crippen LogP contribution is -2.12. The second-order valence-corrected chi connectivity index (χ2v) is 7.83. The van der Waals surface area contributed by atoms with Crippen molar-refractivity contribution in [1.29, 1.82) is 0 Å². The minimum Gasteiger partial charge on any atom is -0.369 e. The number of hydrogen-bond acceptors (Lipinski definition) is 6. The second kappa shape index (κ2) is 9.79. The fraction of sp³-hybridized carbons (Fsp3) is 0.160. The van der Waals surface area contributed by atoms with Crippen molar-refractivity contribution in [2.45, 2.75) is 19.8 Å². The van der Waals surface area contributed by atoms with Crippen LogP contribution in [0.5, 0.6) is 0 Å². The highest BCUT2D eigenvalue weighted by atomic mass is 32.1. The zero-order valence-electron chi connectivity index (χ0n) is 18.4. The van der Waals surface area contributed by atoms with Crippen LogP contribution in [0.2, 0.25) is 0 Å². The van der Waals surface area contributed by atoms with E-state index < -0.39 is 0 Å². The predicted octanol–water partition coefficient (Wildman–Crippen LogP) is 5.11. The van der Waals surface area contributed by atoms with Crippen molar-refractivity contribution in [2.75, 3.05) is 11.9 Å². The minimum atomic E-state index is 0. The molecule has 0 saturated carbocycles. The summed E-state index contributed by atoms with van der Waals surface area (Å²) in [4.78, 5) is 17.8. The summed E-state index contributed by atoms with van der Waals surface area (Å²) in [5.74, 6) is 1.01. The average Bonchev–Trinajstić information content (AvgIpc) is 3.37. The fourth-order valence-electron chi connectivity index (χ4n) is 3.84. The molecule has 0 saturated heterocycles. The van der Waals surface area contributed by atoms with Gasteiger partial charge in [0.25, 0.3) is 0 Å². The first kappa shape index (κ1) is 22.4. The van der Waals surface area contributed by atoms with E-state index >= 15 is 0 Å². The van der Waals surface area contributed by atoms with Crippen LogP contribution in [0.25, 0.3) is 33.4 Å². The number of benzene rings is 1. The van der Waals surface area contributed by atoms with Crippen LogP contribution in [-0.4, -0.2) is 36.7 Å². The number of aryl methyl sites for hydroxylation is 1. The van der Waals surface area contributed by atoms with E-state index in [1.165, 1.54) is 5.56 Å². The third-order valence-electron chi connectivity index (χ3n) is 5.59. The van der Waals surface area contributed by atoms with Crippen LogP contribution < -0.4 is 5.32 Å². The standard InChI is InChI=1S/C25H23N7.H2S/c1-16(13-28-24-12-23(29-15-30-24)18-7-6-17(2)27-14-18)19-4-3-5-21-20(8-10-26-25(19)21)22-9-11-31-32-22;/h3-12,14-16H,13H2,1-2H3,(H,31,32)(H,28,29,30);1H2/t16-;/m1./s1. The van der Waals surface area contributed by atoms with Crippen LogP contribution >= 0.6 is 13.5 Å². The molecule has 33 heavy (non-hydrogen) atoms. The van der Waals surface area contributed by atoms with Gasteiger partial charge in [-0.1, -0.05) is 25.1 Å². The molecular weight excluding hydrogens is 430 g/mol. The van der Waals surface area contributed by atoms with Crippen LogP contribution in [0, 0.1) is 6.92 Å². The molecule has 0 fully saturated rings. The molecular formula is C25H25N7S. The summed E-state index contributed by atoms with van der Waals surface area (Å²) in [6.07, 6.45) is 7.04. The Balaban J connectivity index is 0.00000259. The van der Waals surface area contributed by atoms with Crippen LogP contribution in [0.15, 0.2) is 73.4 Å². The molecule has 0 aliphatic heterocycles. The Morgan fingerprint density at radius 3 is 2.67 bits per heavy atom. The number of hydrogen-bond donors (Lipinski definition) is 2. The number of nitrogens with zero attached hydrogens (tertiary/aromatic N) is 5. The summed E-state index contributed by atoms with van der Waals surface area (Å²) >= 11 is 0. The van der Waals surface area contributed by atoms with E-state index in [-0.39, 0.29) is 19.4 Å². The van der Waals surface area contributed by atoms with Crippen LogP contribution in [-0.2, 0) is 0 Å². The molecule has 1 atom stereocenters. The number of anilines is 1. The molecule has 1 aromatic carbocycles. The Labute approximate surface area is 199 Å². The number of pyridine rings is 2. The summed E-state index contributed by atoms with van der Waals surface area (Å²) in [5, 5.41) is 11.7. The molecule has 0 spiro atoms. The van der Waals surface area contributed by atoms with Gasteiger partial charge in [-0.2, -0.15) is 18.6 Å². The van der Waals surface area contributed by atoms with Crippen LogP contribution in [0.3, 0.4) is 0 Å². The number of rotatable bonds is 6. The van der Waals surface area contributed by atoms with E-state index in [2.05, 4.69) is 55.6 Å². The molecule has 4 aromatic heterocycles. The molecule has 0 amide bonds. The Morgan fingerprint density at radius 2 is 1.88 bits per heavy atom. The largest absolute Gasteiger partial charge is 0.369 e. The van der Waals surface area contributed by atoms with Crippen molar-refractivity contribution < 1.29 is 0 Å². The van der Waals surface area contributed by atoms with E-state index in [1.807, 2.05) is 49.6 Å². The molecule has 5 rings (SSSR count). The van der Waals surface area contributed by atoms with Crippen molar-refractivity contribution in [3.63, 3.8) is 0 Å². The maximum absolute atomic E-state index is 4.69. The van der Waals surface area contributed by atoms with Crippen LogP contribution in [0.1, 0.15) is 24.1 Å². The van der Waals surface area contributed by atoms with E-state index in [0.717, 1.165) is 51.5 Å². The number of aromatic nitrogens is 6. The van der Waals surface area contributed by atoms with Crippen molar-refractivity contribution >= 4 is 30.2 Å². The highest BCUT2D eigenvalue weighted by molar-refractivity contribution is 7.59. The quantitative estimate of drug-likeness (QED) is 0.369. The van der Waals surface area contributed by atoms with E-state index in [4.69, 9.17) is 4.98 Å². The van der Waals surface area contributed by atoms with Gasteiger partial charge < -0.3 is 5.32 Å². The first-order valence-electron chi connectivity index (χ1n) is 10.6. The number of fused-ring (bicyclic) bond motifs is 1. The molecule has 0 radical (unpaired) electrons. The molecule has 0 bridgehead atoms. The zero-order valence-corrected chi connectivity index (χ0v) is 19.4. The molecule has 166 valence electrons. The van der Waals surface area contributed by atoms with Crippen molar-refractivity contribution in [2.24, 2.45) is 0 Å². The third-order valence-corrected chi connectivity index (χ3v) is 5.59.